The van der Waals surface area contributed by atoms with Gasteiger partial charge in [0, 0.05) is 37.2 Å². The number of rotatable bonds is 3. The summed E-state index contributed by atoms with van der Waals surface area (Å²) >= 11 is 0. The van der Waals surface area contributed by atoms with Gasteiger partial charge in [-0.05, 0) is 13.0 Å². The van der Waals surface area contributed by atoms with E-state index in [1.165, 1.54) is 0 Å². The van der Waals surface area contributed by atoms with Crippen LogP contribution in [0.4, 0.5) is 0 Å². The number of fused-ring (bicyclic) bond motifs is 1. The van der Waals surface area contributed by atoms with Crippen LogP contribution in [-0.2, 0) is 21.3 Å². The molecule has 1 fully saturated rings. The molecule has 0 radical (unpaired) electrons. The SMILES string of the molecule is CC(OC(=O)c1cn(C)c2ccccc12)C(=O)N1CCOCC1. The monoisotopic (exact) mass is 316 g/mol. The minimum atomic E-state index is -0.806. The summed E-state index contributed by atoms with van der Waals surface area (Å²) in [6.07, 6.45) is 0.929. The Bertz CT molecular complexity index is 731. The van der Waals surface area contributed by atoms with Gasteiger partial charge in [0.25, 0.3) is 5.91 Å². The predicted octanol–water partition coefficient (Wildman–Crippen LogP) is 1.58. The number of carbonyl (C=O) groups excluding carboxylic acids is 2. The number of morpholine rings is 1. The number of amides is 1. The summed E-state index contributed by atoms with van der Waals surface area (Å²) in [5.74, 6) is -0.655. The van der Waals surface area contributed by atoms with Crippen LogP contribution in [0.25, 0.3) is 10.9 Å². The summed E-state index contributed by atoms with van der Waals surface area (Å²) in [5, 5.41) is 0.825. The number of hydrogen-bond acceptors (Lipinski definition) is 4. The van der Waals surface area contributed by atoms with E-state index in [1.54, 1.807) is 18.0 Å². The fraction of sp³-hybridized carbons (Fsp3) is 0.412. The van der Waals surface area contributed by atoms with Crippen LogP contribution in [0, 0.1) is 0 Å². The van der Waals surface area contributed by atoms with Gasteiger partial charge < -0.3 is 18.9 Å². The summed E-state index contributed by atoms with van der Waals surface area (Å²) in [6, 6.07) is 7.61. The zero-order valence-electron chi connectivity index (χ0n) is 13.3. The number of carbonyl (C=O) groups is 2. The van der Waals surface area contributed by atoms with Crippen LogP contribution in [0.15, 0.2) is 30.5 Å². The average molecular weight is 316 g/mol. The number of benzene rings is 1. The van der Waals surface area contributed by atoms with Gasteiger partial charge in [-0.2, -0.15) is 0 Å². The second-order valence-electron chi connectivity index (χ2n) is 5.66. The lowest BCUT2D eigenvalue weighted by Gasteiger charge is -2.28. The van der Waals surface area contributed by atoms with E-state index in [2.05, 4.69) is 0 Å². The summed E-state index contributed by atoms with van der Waals surface area (Å²) in [4.78, 5) is 26.4. The number of nitrogens with zero attached hydrogens (tertiary/aromatic N) is 2. The zero-order valence-corrected chi connectivity index (χ0v) is 13.3. The lowest BCUT2D eigenvalue weighted by Crippen LogP contribution is -2.46. The Morgan fingerprint density at radius 3 is 2.65 bits per heavy atom. The van der Waals surface area contributed by atoms with Crippen LogP contribution < -0.4 is 0 Å². The predicted molar refractivity (Wildman–Crippen MR) is 85.2 cm³/mol. The topological polar surface area (TPSA) is 60.8 Å². The van der Waals surface area contributed by atoms with Gasteiger partial charge in [-0.25, -0.2) is 4.79 Å². The second-order valence-corrected chi connectivity index (χ2v) is 5.66. The fourth-order valence-corrected chi connectivity index (χ4v) is 2.82. The number of aryl methyl sites for hydroxylation is 1. The normalized spacial score (nSPS) is 16.3. The van der Waals surface area contributed by atoms with E-state index in [4.69, 9.17) is 9.47 Å². The number of esters is 1. The molecule has 1 aromatic carbocycles. The van der Waals surface area contributed by atoms with Gasteiger partial charge in [0.1, 0.15) is 0 Å². The first-order valence-electron chi connectivity index (χ1n) is 7.69. The highest BCUT2D eigenvalue weighted by molar-refractivity contribution is 6.05. The molecule has 2 heterocycles. The molecule has 6 heteroatoms. The van der Waals surface area contributed by atoms with Gasteiger partial charge in [-0.3, -0.25) is 4.79 Å². The van der Waals surface area contributed by atoms with E-state index in [-0.39, 0.29) is 5.91 Å². The van der Waals surface area contributed by atoms with Crippen molar-refractivity contribution in [2.24, 2.45) is 7.05 Å². The van der Waals surface area contributed by atoms with Crippen molar-refractivity contribution in [2.45, 2.75) is 13.0 Å². The first kappa shape index (κ1) is 15.6. The molecular formula is C17H20N2O4. The van der Waals surface area contributed by atoms with Crippen LogP contribution in [0.3, 0.4) is 0 Å². The quantitative estimate of drug-likeness (QED) is 0.807. The number of hydrogen-bond donors (Lipinski definition) is 0. The molecule has 3 rings (SSSR count). The third kappa shape index (κ3) is 3.07. The highest BCUT2D eigenvalue weighted by Crippen LogP contribution is 2.21. The Morgan fingerprint density at radius 2 is 1.91 bits per heavy atom. The summed E-state index contributed by atoms with van der Waals surface area (Å²) in [6.45, 7) is 3.73. The van der Waals surface area contributed by atoms with Gasteiger partial charge in [-0.1, -0.05) is 18.2 Å². The molecule has 0 N–H and O–H groups in total. The van der Waals surface area contributed by atoms with Crippen LogP contribution in [-0.4, -0.2) is 53.8 Å². The van der Waals surface area contributed by atoms with E-state index < -0.39 is 12.1 Å². The third-order valence-corrected chi connectivity index (χ3v) is 4.07. The molecule has 0 saturated carbocycles. The van der Waals surface area contributed by atoms with Crippen molar-refractivity contribution in [3.05, 3.63) is 36.0 Å². The van der Waals surface area contributed by atoms with Gasteiger partial charge in [0.2, 0.25) is 0 Å². The van der Waals surface area contributed by atoms with Crippen molar-refractivity contribution >= 4 is 22.8 Å². The first-order chi connectivity index (χ1) is 11.1. The largest absolute Gasteiger partial charge is 0.449 e. The second kappa shape index (κ2) is 6.42. The maximum atomic E-state index is 12.4. The van der Waals surface area contributed by atoms with Crippen molar-refractivity contribution in [1.82, 2.24) is 9.47 Å². The molecule has 6 nitrogen and oxygen atoms in total. The lowest BCUT2D eigenvalue weighted by molar-refractivity contribution is -0.143. The van der Waals surface area contributed by atoms with Crippen molar-refractivity contribution in [3.63, 3.8) is 0 Å². The molecule has 2 aromatic rings. The molecule has 1 unspecified atom stereocenters. The molecule has 1 aromatic heterocycles. The molecule has 1 aliphatic heterocycles. The van der Waals surface area contributed by atoms with Gasteiger partial charge in [0.15, 0.2) is 6.10 Å². The maximum absolute atomic E-state index is 12.4. The molecule has 1 aliphatic rings. The highest BCUT2D eigenvalue weighted by atomic mass is 16.5. The van der Waals surface area contributed by atoms with E-state index >= 15 is 0 Å². The summed E-state index contributed by atoms with van der Waals surface area (Å²) in [7, 11) is 1.88. The van der Waals surface area contributed by atoms with Crippen molar-refractivity contribution in [1.29, 1.82) is 0 Å². The minimum absolute atomic E-state index is 0.179. The Morgan fingerprint density at radius 1 is 1.22 bits per heavy atom. The van der Waals surface area contributed by atoms with Crippen LogP contribution >= 0.6 is 0 Å². The highest BCUT2D eigenvalue weighted by Gasteiger charge is 2.26. The molecular weight excluding hydrogens is 296 g/mol. The molecule has 23 heavy (non-hydrogen) atoms. The maximum Gasteiger partial charge on any atom is 0.341 e. The number of aromatic nitrogens is 1. The van der Waals surface area contributed by atoms with Gasteiger partial charge in [-0.15, -0.1) is 0 Å². The number of para-hydroxylation sites is 1. The van der Waals surface area contributed by atoms with E-state index in [0.717, 1.165) is 10.9 Å². The summed E-state index contributed by atoms with van der Waals surface area (Å²) < 4.78 is 12.5. The first-order valence-corrected chi connectivity index (χ1v) is 7.69. The Kier molecular flexibility index (Phi) is 4.34. The Hall–Kier alpha value is -2.34. The van der Waals surface area contributed by atoms with E-state index in [1.807, 2.05) is 35.9 Å². The van der Waals surface area contributed by atoms with Crippen molar-refractivity contribution in [3.8, 4) is 0 Å². The van der Waals surface area contributed by atoms with Crippen LogP contribution in [0.2, 0.25) is 0 Å². The van der Waals surface area contributed by atoms with E-state index in [9.17, 15) is 9.59 Å². The van der Waals surface area contributed by atoms with Gasteiger partial charge >= 0.3 is 5.97 Å². The molecule has 0 bridgehead atoms. The van der Waals surface area contributed by atoms with Crippen LogP contribution in [0.1, 0.15) is 17.3 Å². The zero-order chi connectivity index (χ0) is 16.4. The Labute approximate surface area is 134 Å². The van der Waals surface area contributed by atoms with Crippen molar-refractivity contribution in [2.75, 3.05) is 26.3 Å². The molecule has 0 spiro atoms. The standard InChI is InChI=1S/C17H20N2O4/c1-12(16(20)19-7-9-22-10-8-19)23-17(21)14-11-18(2)15-6-4-3-5-13(14)15/h3-6,11-12H,7-10H2,1-2H3. The Balaban J connectivity index is 1.74. The molecule has 0 aliphatic carbocycles. The smallest absolute Gasteiger partial charge is 0.341 e. The van der Waals surface area contributed by atoms with Gasteiger partial charge in [0.05, 0.1) is 18.8 Å². The van der Waals surface area contributed by atoms with Crippen molar-refractivity contribution < 1.29 is 19.1 Å². The molecule has 122 valence electrons. The molecule has 1 saturated heterocycles. The minimum Gasteiger partial charge on any atom is -0.449 e. The van der Waals surface area contributed by atoms with Crippen LogP contribution in [0.5, 0.6) is 0 Å². The fourth-order valence-electron chi connectivity index (χ4n) is 2.82. The lowest BCUT2D eigenvalue weighted by atomic mass is 10.2. The third-order valence-electron chi connectivity index (χ3n) is 4.07. The van der Waals surface area contributed by atoms with E-state index in [0.29, 0.717) is 31.9 Å². The molecule has 1 amide bonds. The average Bonchev–Trinajstić information content (AvgIpc) is 2.92. The molecule has 1 atom stereocenters. The number of ether oxygens (including phenoxy) is 2. The summed E-state index contributed by atoms with van der Waals surface area (Å²) in [5.41, 5.74) is 1.43.